The van der Waals surface area contributed by atoms with Gasteiger partial charge in [-0.15, -0.1) is 4.99 Å². The maximum absolute atomic E-state index is 12.9. The Hall–Kier alpha value is -2.41. The maximum Gasteiger partial charge on any atom is 0.388 e. The number of likely N-dealkylation sites (tertiary alicyclic amines) is 1. The third kappa shape index (κ3) is 4.03. The third-order valence-electron chi connectivity index (χ3n) is 7.84. The van der Waals surface area contributed by atoms with E-state index in [1.54, 1.807) is 4.90 Å². The average Bonchev–Trinajstić information content (AvgIpc) is 3.33. The number of aliphatic hydroxyl groups is 1. The lowest BCUT2D eigenvalue weighted by Gasteiger charge is -2.41. The molecule has 1 saturated heterocycles. The van der Waals surface area contributed by atoms with E-state index in [1.807, 2.05) is 18.2 Å². The third-order valence-corrected chi connectivity index (χ3v) is 7.84. The molecule has 2 amide bonds. The number of aliphatic hydroxyl groups excluding tert-OH is 1. The summed E-state index contributed by atoms with van der Waals surface area (Å²) in [7, 11) is 0. The molecular weight excluding hydrogens is 406 g/mol. The maximum atomic E-state index is 12.9. The van der Waals surface area contributed by atoms with E-state index in [-0.39, 0.29) is 23.8 Å². The van der Waals surface area contributed by atoms with Crippen molar-refractivity contribution in [1.29, 1.82) is 0 Å². The number of benzene rings is 1. The monoisotopic (exact) mass is 440 g/mol. The summed E-state index contributed by atoms with van der Waals surface area (Å²) in [5, 5.41) is 10.2. The van der Waals surface area contributed by atoms with E-state index in [4.69, 9.17) is 4.74 Å². The number of carbonyl (C=O) groups is 2. The van der Waals surface area contributed by atoms with Gasteiger partial charge in [0, 0.05) is 18.2 Å². The molecule has 2 fully saturated rings. The largest absolute Gasteiger partial charge is 0.489 e. The van der Waals surface area contributed by atoms with E-state index >= 15 is 0 Å². The number of fused-ring (bicyclic) bond motifs is 1. The highest BCUT2D eigenvalue weighted by atomic mass is 16.5. The van der Waals surface area contributed by atoms with Gasteiger partial charge in [-0.2, -0.15) is 0 Å². The van der Waals surface area contributed by atoms with Crippen LogP contribution >= 0.6 is 0 Å². The van der Waals surface area contributed by atoms with Crippen LogP contribution < -0.4 is 9.73 Å². The van der Waals surface area contributed by atoms with Gasteiger partial charge in [0.15, 0.2) is 6.04 Å². The molecule has 5 rings (SSSR count). The second-order valence-electron chi connectivity index (χ2n) is 10.6. The van der Waals surface area contributed by atoms with Gasteiger partial charge < -0.3 is 14.7 Å². The van der Waals surface area contributed by atoms with Crippen LogP contribution in [0.4, 0.5) is 0 Å². The second-order valence-corrected chi connectivity index (χ2v) is 10.6. The fourth-order valence-electron chi connectivity index (χ4n) is 5.74. The van der Waals surface area contributed by atoms with Crippen LogP contribution in [-0.2, 0) is 11.3 Å². The lowest BCUT2D eigenvalue weighted by molar-refractivity contribution is -0.394. The van der Waals surface area contributed by atoms with Crippen LogP contribution in [0.25, 0.3) is 0 Å². The number of hydrogen-bond acceptors (Lipinski definition) is 4. The minimum Gasteiger partial charge on any atom is -0.489 e. The highest BCUT2D eigenvalue weighted by Gasteiger charge is 2.41. The molecule has 3 aliphatic heterocycles. The molecule has 3 atom stereocenters. The van der Waals surface area contributed by atoms with Crippen LogP contribution in [0.3, 0.4) is 0 Å². The number of carbonyl (C=O) groups excluding carboxylic acids is 2. The number of nitrogens with one attached hydrogen (secondary N) is 1. The smallest absolute Gasteiger partial charge is 0.388 e. The highest BCUT2D eigenvalue weighted by Crippen LogP contribution is 2.36. The molecule has 2 N–H and O–H groups in total. The molecule has 1 aliphatic carbocycles. The fraction of sp³-hybridized carbons (Fsp3) is 0.640. The summed E-state index contributed by atoms with van der Waals surface area (Å²) in [5.74, 6) is 0.381. The zero-order valence-corrected chi connectivity index (χ0v) is 19.1. The van der Waals surface area contributed by atoms with Gasteiger partial charge in [0.2, 0.25) is 0 Å². The molecule has 1 saturated carbocycles. The molecule has 0 aromatic heterocycles. The Morgan fingerprint density at radius 1 is 1.12 bits per heavy atom. The Morgan fingerprint density at radius 3 is 2.66 bits per heavy atom. The fourth-order valence-corrected chi connectivity index (χ4v) is 5.74. The van der Waals surface area contributed by atoms with Crippen LogP contribution in [0, 0.1) is 5.41 Å². The molecule has 1 unspecified atom stereocenters. The molecular formula is C25H34N3O4+. The first kappa shape index (κ1) is 21.4. The highest BCUT2D eigenvalue weighted by molar-refractivity contribution is 6.01. The van der Waals surface area contributed by atoms with E-state index in [1.165, 1.54) is 25.7 Å². The first-order valence-corrected chi connectivity index (χ1v) is 12.0. The van der Waals surface area contributed by atoms with Crippen molar-refractivity contribution < 1.29 is 24.4 Å². The van der Waals surface area contributed by atoms with Gasteiger partial charge in [-0.3, -0.25) is 9.69 Å². The standard InChI is InChI=1S/C25H33N3O4/c1-25(2)10-12-27(13-11-25)19-4-3-5-21(19)32-17-6-7-18-16(14-17)15-28(24(18)31)20-8-9-22(29)26-23(20)30/h6-7,14,19-21H,3-5,8-13,15H2,1-2H3,(H,26,29,30)/p+1/t19-,20?,21-/m1/s1. The summed E-state index contributed by atoms with van der Waals surface area (Å²) in [5.41, 5.74) is 2.02. The topological polar surface area (TPSA) is 84.1 Å². The summed E-state index contributed by atoms with van der Waals surface area (Å²) in [6.07, 6.45) is 6.85. The zero-order valence-electron chi connectivity index (χ0n) is 19.1. The molecule has 1 aromatic rings. The van der Waals surface area contributed by atoms with Crippen LogP contribution in [0.2, 0.25) is 0 Å². The predicted octanol–water partition coefficient (Wildman–Crippen LogP) is 1.79. The Morgan fingerprint density at radius 2 is 1.91 bits per heavy atom. The zero-order chi connectivity index (χ0) is 22.5. The molecule has 7 nitrogen and oxygen atoms in total. The summed E-state index contributed by atoms with van der Waals surface area (Å²) in [4.78, 5) is 31.2. The van der Waals surface area contributed by atoms with Crippen molar-refractivity contribution >= 4 is 17.7 Å². The Bertz CT molecular complexity index is 947. The van der Waals surface area contributed by atoms with Crippen LogP contribution in [0.1, 0.15) is 74.7 Å². The minimum absolute atomic E-state index is 0.103. The molecule has 32 heavy (non-hydrogen) atoms. The van der Waals surface area contributed by atoms with Crippen molar-refractivity contribution in [2.75, 3.05) is 13.1 Å². The Balaban J connectivity index is 1.27. The van der Waals surface area contributed by atoms with Crippen molar-refractivity contribution in [3.63, 3.8) is 0 Å². The van der Waals surface area contributed by atoms with Crippen molar-refractivity contribution in [2.45, 2.75) is 83.5 Å². The first-order chi connectivity index (χ1) is 15.3. The van der Waals surface area contributed by atoms with Gasteiger partial charge in [0.05, 0.1) is 6.42 Å². The summed E-state index contributed by atoms with van der Waals surface area (Å²) in [6.45, 7) is 7.43. The van der Waals surface area contributed by atoms with Gasteiger partial charge >= 0.3 is 11.8 Å². The van der Waals surface area contributed by atoms with Crippen molar-refractivity contribution in [2.24, 2.45) is 5.41 Å². The SMILES string of the molecule is CC1(C)CCN([C@@H]2CCC[C@H]2Oc2ccc3c(c2)CN(C2CCC(=O)[NH+]=C2O)C3=O)CC1. The van der Waals surface area contributed by atoms with E-state index in [9.17, 15) is 14.7 Å². The number of rotatable bonds is 4. The van der Waals surface area contributed by atoms with E-state index < -0.39 is 6.04 Å². The van der Waals surface area contributed by atoms with Gasteiger partial charge in [-0.1, -0.05) is 13.8 Å². The molecule has 3 heterocycles. The molecule has 0 spiro atoms. The van der Waals surface area contributed by atoms with Crippen LogP contribution in [0.5, 0.6) is 5.75 Å². The van der Waals surface area contributed by atoms with E-state index in [2.05, 4.69) is 23.7 Å². The average molecular weight is 441 g/mol. The molecule has 4 aliphatic rings. The van der Waals surface area contributed by atoms with E-state index in [0.717, 1.165) is 30.8 Å². The molecule has 1 aromatic carbocycles. The van der Waals surface area contributed by atoms with Gasteiger partial charge in [-0.25, -0.2) is 4.79 Å². The van der Waals surface area contributed by atoms with Gasteiger partial charge in [0.1, 0.15) is 11.9 Å². The molecule has 0 radical (unpaired) electrons. The molecule has 0 bridgehead atoms. The van der Waals surface area contributed by atoms with Crippen LogP contribution in [-0.4, -0.2) is 63.9 Å². The lowest BCUT2D eigenvalue weighted by Crippen LogP contribution is -2.82. The van der Waals surface area contributed by atoms with Gasteiger partial charge in [0.25, 0.3) is 5.91 Å². The Kier molecular flexibility index (Phi) is 5.48. The number of hydrogen-bond donors (Lipinski definition) is 2. The quantitative estimate of drug-likeness (QED) is 0.746. The normalized spacial score (nSPS) is 30.4. The van der Waals surface area contributed by atoms with Crippen LogP contribution in [0.15, 0.2) is 18.2 Å². The van der Waals surface area contributed by atoms with Crippen molar-refractivity contribution in [3.05, 3.63) is 29.3 Å². The predicted molar refractivity (Wildman–Crippen MR) is 120 cm³/mol. The number of nitrogens with zero attached hydrogens (tertiary/aromatic N) is 2. The number of ether oxygens (including phenoxy) is 1. The first-order valence-electron chi connectivity index (χ1n) is 12.0. The number of piperidine rings is 1. The van der Waals surface area contributed by atoms with Crippen molar-refractivity contribution in [1.82, 2.24) is 9.80 Å². The molecule has 172 valence electrons. The minimum atomic E-state index is -0.473. The second kappa shape index (κ2) is 8.18. The summed E-state index contributed by atoms with van der Waals surface area (Å²) >= 11 is 0. The number of amides is 2. The molecule has 7 heteroatoms. The lowest BCUT2D eigenvalue weighted by atomic mass is 9.82. The summed E-state index contributed by atoms with van der Waals surface area (Å²) in [6, 6.07) is 5.73. The van der Waals surface area contributed by atoms with Crippen molar-refractivity contribution in [3.8, 4) is 5.75 Å². The Labute approximate surface area is 189 Å². The van der Waals surface area contributed by atoms with E-state index in [0.29, 0.717) is 36.4 Å². The van der Waals surface area contributed by atoms with Gasteiger partial charge in [-0.05, 0) is 80.8 Å². The summed E-state index contributed by atoms with van der Waals surface area (Å²) < 4.78 is 6.49.